The molecule has 0 aromatic heterocycles. The molecule has 1 aromatic carbocycles. The summed E-state index contributed by atoms with van der Waals surface area (Å²) >= 11 is 0. The predicted molar refractivity (Wildman–Crippen MR) is 78.2 cm³/mol. The van der Waals surface area contributed by atoms with E-state index in [0.717, 1.165) is 5.75 Å². The monoisotopic (exact) mass is 249 g/mol. The Morgan fingerprint density at radius 3 is 2.28 bits per heavy atom. The van der Waals surface area contributed by atoms with Crippen molar-refractivity contribution in [2.75, 3.05) is 7.11 Å². The first-order valence-corrected chi connectivity index (χ1v) is 6.66. The lowest BCUT2D eigenvalue weighted by molar-refractivity contribution is 0.266. The average Bonchev–Trinajstić information content (AvgIpc) is 2.27. The Kier molecular flexibility index (Phi) is 4.80. The maximum absolute atomic E-state index is 5.47. The predicted octanol–water partition coefficient (Wildman–Crippen LogP) is 4.09. The maximum atomic E-state index is 5.47. The van der Waals surface area contributed by atoms with Gasteiger partial charge in [-0.05, 0) is 37.8 Å². The molecule has 0 aliphatic rings. The van der Waals surface area contributed by atoms with Crippen LogP contribution in [0.4, 0.5) is 0 Å². The Morgan fingerprint density at radius 1 is 1.17 bits per heavy atom. The van der Waals surface area contributed by atoms with Gasteiger partial charge in [0.05, 0.1) is 7.11 Å². The standard InChI is InChI=1S/C16H27NO/c1-11-8-9-14(15(10-11)18-7)12(2)17-13(3)16(4,5)6/h8-10,12-13,17H,1-7H3. The lowest BCUT2D eigenvalue weighted by Crippen LogP contribution is -2.39. The van der Waals surface area contributed by atoms with Gasteiger partial charge in [-0.25, -0.2) is 0 Å². The molecule has 0 aliphatic carbocycles. The van der Waals surface area contributed by atoms with Crippen molar-refractivity contribution in [1.29, 1.82) is 0 Å². The van der Waals surface area contributed by atoms with E-state index in [9.17, 15) is 0 Å². The van der Waals surface area contributed by atoms with E-state index in [4.69, 9.17) is 4.74 Å². The quantitative estimate of drug-likeness (QED) is 0.868. The molecule has 0 spiro atoms. The van der Waals surface area contributed by atoms with Crippen LogP contribution in [0.3, 0.4) is 0 Å². The fourth-order valence-electron chi connectivity index (χ4n) is 1.89. The summed E-state index contributed by atoms with van der Waals surface area (Å²) in [5.41, 5.74) is 2.71. The molecule has 2 unspecified atom stereocenters. The van der Waals surface area contributed by atoms with Gasteiger partial charge in [0.2, 0.25) is 0 Å². The summed E-state index contributed by atoms with van der Waals surface area (Å²) in [4.78, 5) is 0. The van der Waals surface area contributed by atoms with Crippen LogP contribution in [0.25, 0.3) is 0 Å². The van der Waals surface area contributed by atoms with Gasteiger partial charge >= 0.3 is 0 Å². The molecule has 0 saturated heterocycles. The summed E-state index contributed by atoms with van der Waals surface area (Å²) < 4.78 is 5.47. The number of nitrogens with one attached hydrogen (secondary N) is 1. The smallest absolute Gasteiger partial charge is 0.123 e. The van der Waals surface area contributed by atoms with Crippen LogP contribution < -0.4 is 10.1 Å². The van der Waals surface area contributed by atoms with Crippen molar-refractivity contribution in [2.45, 2.75) is 53.6 Å². The average molecular weight is 249 g/mol. The third-order valence-corrected chi connectivity index (χ3v) is 3.65. The van der Waals surface area contributed by atoms with Crippen LogP contribution in [0.15, 0.2) is 18.2 Å². The lowest BCUT2D eigenvalue weighted by Gasteiger charge is -2.31. The molecule has 0 saturated carbocycles. The van der Waals surface area contributed by atoms with Gasteiger partial charge < -0.3 is 10.1 Å². The first-order valence-electron chi connectivity index (χ1n) is 6.66. The van der Waals surface area contributed by atoms with Crippen LogP contribution in [0.5, 0.6) is 5.75 Å². The van der Waals surface area contributed by atoms with Crippen molar-refractivity contribution in [3.63, 3.8) is 0 Å². The topological polar surface area (TPSA) is 21.3 Å². The number of aryl methyl sites for hydroxylation is 1. The minimum Gasteiger partial charge on any atom is -0.496 e. The minimum atomic E-state index is 0.256. The number of methoxy groups -OCH3 is 1. The number of hydrogen-bond donors (Lipinski definition) is 1. The molecule has 1 aromatic rings. The number of hydrogen-bond acceptors (Lipinski definition) is 2. The molecule has 2 nitrogen and oxygen atoms in total. The molecular formula is C16H27NO. The molecule has 2 heteroatoms. The summed E-state index contributed by atoms with van der Waals surface area (Å²) in [6, 6.07) is 7.11. The van der Waals surface area contributed by atoms with Crippen molar-refractivity contribution < 1.29 is 4.74 Å². The number of ether oxygens (including phenoxy) is 1. The molecular weight excluding hydrogens is 222 g/mol. The maximum Gasteiger partial charge on any atom is 0.123 e. The second kappa shape index (κ2) is 5.75. The van der Waals surface area contributed by atoms with Crippen LogP contribution >= 0.6 is 0 Å². The van der Waals surface area contributed by atoms with Crippen LogP contribution in [0, 0.1) is 12.3 Å². The van der Waals surface area contributed by atoms with Crippen LogP contribution in [-0.4, -0.2) is 13.2 Å². The van der Waals surface area contributed by atoms with Crippen LogP contribution in [0.2, 0.25) is 0 Å². The highest BCUT2D eigenvalue weighted by molar-refractivity contribution is 5.39. The van der Waals surface area contributed by atoms with E-state index in [1.54, 1.807) is 7.11 Å². The van der Waals surface area contributed by atoms with Gasteiger partial charge in [0.1, 0.15) is 5.75 Å². The van der Waals surface area contributed by atoms with Crippen LogP contribution in [-0.2, 0) is 0 Å². The highest BCUT2D eigenvalue weighted by Crippen LogP contribution is 2.28. The summed E-state index contributed by atoms with van der Waals surface area (Å²) in [5, 5.41) is 3.65. The van der Waals surface area contributed by atoms with E-state index in [-0.39, 0.29) is 11.5 Å². The molecule has 0 amide bonds. The van der Waals surface area contributed by atoms with Gasteiger partial charge in [-0.2, -0.15) is 0 Å². The van der Waals surface area contributed by atoms with E-state index in [1.807, 2.05) is 0 Å². The first-order chi connectivity index (χ1) is 8.25. The zero-order chi connectivity index (χ0) is 13.9. The molecule has 0 heterocycles. The fourth-order valence-corrected chi connectivity index (χ4v) is 1.89. The van der Waals surface area contributed by atoms with Gasteiger partial charge in [0.15, 0.2) is 0 Å². The van der Waals surface area contributed by atoms with Gasteiger partial charge in [-0.3, -0.25) is 0 Å². The van der Waals surface area contributed by atoms with Crippen molar-refractivity contribution in [3.8, 4) is 5.75 Å². The van der Waals surface area contributed by atoms with Crippen molar-refractivity contribution in [1.82, 2.24) is 5.32 Å². The molecule has 102 valence electrons. The Labute approximate surface area is 112 Å². The van der Waals surface area contributed by atoms with Crippen molar-refractivity contribution in [2.24, 2.45) is 5.41 Å². The molecule has 2 atom stereocenters. The second-order valence-corrected chi connectivity index (χ2v) is 6.22. The minimum absolute atomic E-state index is 0.256. The van der Waals surface area contributed by atoms with Gasteiger partial charge in [-0.15, -0.1) is 0 Å². The van der Waals surface area contributed by atoms with E-state index in [0.29, 0.717) is 6.04 Å². The zero-order valence-electron chi connectivity index (χ0n) is 12.8. The molecule has 0 fully saturated rings. The van der Waals surface area contributed by atoms with E-state index >= 15 is 0 Å². The summed E-state index contributed by atoms with van der Waals surface area (Å²) in [7, 11) is 1.73. The Hall–Kier alpha value is -1.02. The number of rotatable bonds is 4. The van der Waals surface area contributed by atoms with Crippen molar-refractivity contribution in [3.05, 3.63) is 29.3 Å². The molecule has 0 bridgehead atoms. The normalized spacial score (nSPS) is 15.3. The molecule has 18 heavy (non-hydrogen) atoms. The number of benzene rings is 1. The van der Waals surface area contributed by atoms with E-state index in [1.165, 1.54) is 11.1 Å². The molecule has 1 rings (SSSR count). The Morgan fingerprint density at radius 2 is 1.78 bits per heavy atom. The van der Waals surface area contributed by atoms with Gasteiger partial charge in [0, 0.05) is 17.6 Å². The molecule has 0 radical (unpaired) electrons. The van der Waals surface area contributed by atoms with Gasteiger partial charge in [-0.1, -0.05) is 32.9 Å². The van der Waals surface area contributed by atoms with Gasteiger partial charge in [0.25, 0.3) is 0 Å². The third-order valence-electron chi connectivity index (χ3n) is 3.65. The SMILES string of the molecule is COc1cc(C)ccc1C(C)NC(C)C(C)(C)C. The van der Waals surface area contributed by atoms with Crippen molar-refractivity contribution >= 4 is 0 Å². The largest absolute Gasteiger partial charge is 0.496 e. The highest BCUT2D eigenvalue weighted by Gasteiger charge is 2.22. The second-order valence-electron chi connectivity index (χ2n) is 6.22. The molecule has 0 aliphatic heterocycles. The highest BCUT2D eigenvalue weighted by atomic mass is 16.5. The Balaban J connectivity index is 2.87. The van der Waals surface area contributed by atoms with E-state index in [2.05, 4.69) is 65.1 Å². The lowest BCUT2D eigenvalue weighted by atomic mass is 9.87. The third kappa shape index (κ3) is 3.74. The summed E-state index contributed by atoms with van der Waals surface area (Å²) in [5.74, 6) is 0.969. The van der Waals surface area contributed by atoms with Crippen LogP contribution in [0.1, 0.15) is 51.8 Å². The summed E-state index contributed by atoms with van der Waals surface area (Å²) in [6.45, 7) is 13.3. The first kappa shape index (κ1) is 15.0. The zero-order valence-corrected chi connectivity index (χ0v) is 12.8. The fraction of sp³-hybridized carbons (Fsp3) is 0.625. The Bertz CT molecular complexity index is 393. The summed E-state index contributed by atoms with van der Waals surface area (Å²) in [6.07, 6.45) is 0. The molecule has 1 N–H and O–H groups in total. The van der Waals surface area contributed by atoms with E-state index < -0.39 is 0 Å².